The van der Waals surface area contributed by atoms with Gasteiger partial charge in [-0.3, -0.25) is 4.79 Å². The second kappa shape index (κ2) is 34.5. The number of thiocarbonyl (C=S) groups is 2. The average Bonchev–Trinajstić information content (AvgIpc) is 3.08. The predicted molar refractivity (Wildman–Crippen MR) is 227 cm³/mol. The van der Waals surface area contributed by atoms with E-state index in [9.17, 15) is 4.79 Å². The summed E-state index contributed by atoms with van der Waals surface area (Å²) in [5, 5.41) is 1.48. The Hall–Kier alpha value is -1.31. The van der Waals surface area contributed by atoms with Gasteiger partial charge in [-0.15, -0.1) is 0 Å². The molecule has 0 saturated heterocycles. The first kappa shape index (κ1) is 47.7. The van der Waals surface area contributed by atoms with E-state index >= 15 is 0 Å². The molecule has 0 N–H and O–H groups in total. The zero-order valence-electron chi connectivity index (χ0n) is 33.7. The molecule has 1 fully saturated rings. The summed E-state index contributed by atoms with van der Waals surface area (Å²) in [5.74, 6) is 1.26. The molecule has 1 rings (SSSR count). The fraction of sp³-hybridized carbons (Fsp3) is 0.841. The van der Waals surface area contributed by atoms with Crippen LogP contribution in [0, 0.1) is 11.8 Å². The van der Waals surface area contributed by atoms with E-state index < -0.39 is 0 Å². The molecule has 0 atom stereocenters. The van der Waals surface area contributed by atoms with Crippen molar-refractivity contribution < 1.29 is 19.0 Å². The molecule has 1 saturated carbocycles. The summed E-state index contributed by atoms with van der Waals surface area (Å²) >= 11 is 10.9. The number of ether oxygens (including phenoxy) is 3. The van der Waals surface area contributed by atoms with Gasteiger partial charge in [0.1, 0.15) is 19.3 Å². The van der Waals surface area contributed by atoms with E-state index in [1.54, 1.807) is 0 Å². The topological polar surface area (TPSA) is 48.0 Å². The van der Waals surface area contributed by atoms with Crippen molar-refractivity contribution in [3.05, 3.63) is 24.3 Å². The molecular formula is C44H79NO4S2. The quantitative estimate of drug-likeness (QED) is 0.0277. The molecule has 5 nitrogen and oxygen atoms in total. The maximum Gasteiger partial charge on any atom is 0.306 e. The van der Waals surface area contributed by atoms with Crippen molar-refractivity contribution >= 4 is 40.5 Å². The molecule has 0 aliphatic heterocycles. The average molecular weight is 750 g/mol. The van der Waals surface area contributed by atoms with Gasteiger partial charge in [0.25, 0.3) is 0 Å². The van der Waals surface area contributed by atoms with Gasteiger partial charge in [-0.1, -0.05) is 115 Å². The van der Waals surface area contributed by atoms with E-state index in [-0.39, 0.29) is 12.1 Å². The standard InChI is InChI=1S/C44H79NO4S2/c1-5-7-9-11-13-21-27-33-47-43(50)31-25-19-15-17-23-29-41(49-42(46)37-39-35-40(36-39)38-45(3)4)30-24-18-16-20-26-32-44(51)48-34-28-22-14-12-10-8-6-2/h21-22,27-28,39-41H,5-20,23-26,29-38H2,1-4H3/b27-21-,28-22-. The van der Waals surface area contributed by atoms with Gasteiger partial charge in [-0.05, 0) is 127 Å². The molecule has 1 aliphatic rings. The van der Waals surface area contributed by atoms with Crippen LogP contribution in [-0.2, 0) is 19.0 Å². The number of nitrogens with zero attached hydrogens (tertiary/aromatic N) is 1. The molecule has 0 bridgehead atoms. The highest BCUT2D eigenvalue weighted by atomic mass is 32.1. The van der Waals surface area contributed by atoms with Crippen LogP contribution in [0.15, 0.2) is 24.3 Å². The molecule has 0 unspecified atom stereocenters. The number of rotatable bonds is 35. The minimum Gasteiger partial charge on any atom is -0.483 e. The lowest BCUT2D eigenvalue weighted by atomic mass is 9.73. The van der Waals surface area contributed by atoms with Gasteiger partial charge >= 0.3 is 5.97 Å². The number of allylic oxidation sites excluding steroid dienone is 2. The van der Waals surface area contributed by atoms with E-state index in [4.69, 9.17) is 38.6 Å². The zero-order chi connectivity index (χ0) is 37.2. The third kappa shape index (κ3) is 30.8. The molecule has 0 spiro atoms. The van der Waals surface area contributed by atoms with Gasteiger partial charge in [-0.2, -0.15) is 0 Å². The van der Waals surface area contributed by atoms with Gasteiger partial charge in [0, 0.05) is 25.8 Å². The van der Waals surface area contributed by atoms with Crippen LogP contribution in [0.1, 0.15) is 187 Å². The maximum absolute atomic E-state index is 12.9. The van der Waals surface area contributed by atoms with E-state index in [0.717, 1.165) is 99.6 Å². The third-order valence-corrected chi connectivity index (χ3v) is 10.6. The third-order valence-electron chi connectivity index (χ3n) is 9.99. The fourth-order valence-corrected chi connectivity index (χ4v) is 7.38. The van der Waals surface area contributed by atoms with Crippen LogP contribution < -0.4 is 0 Å². The summed E-state index contributed by atoms with van der Waals surface area (Å²) < 4.78 is 17.6. The Morgan fingerprint density at radius 2 is 1.08 bits per heavy atom. The molecule has 7 heteroatoms. The monoisotopic (exact) mass is 750 g/mol. The number of hydrogen-bond donors (Lipinski definition) is 0. The lowest BCUT2D eigenvalue weighted by molar-refractivity contribution is -0.152. The van der Waals surface area contributed by atoms with Gasteiger partial charge in [-0.25, -0.2) is 0 Å². The minimum atomic E-state index is 0.0213. The van der Waals surface area contributed by atoms with E-state index in [2.05, 4.69) is 57.1 Å². The van der Waals surface area contributed by atoms with Gasteiger partial charge < -0.3 is 19.1 Å². The van der Waals surface area contributed by atoms with Crippen molar-refractivity contribution in [1.29, 1.82) is 0 Å². The van der Waals surface area contributed by atoms with Crippen molar-refractivity contribution in [2.75, 3.05) is 33.9 Å². The van der Waals surface area contributed by atoms with Crippen molar-refractivity contribution in [2.45, 2.75) is 193 Å². The van der Waals surface area contributed by atoms with E-state index in [1.807, 2.05) is 0 Å². The Kier molecular flexibility index (Phi) is 32.2. The summed E-state index contributed by atoms with van der Waals surface area (Å²) in [6, 6.07) is 0. The van der Waals surface area contributed by atoms with Gasteiger partial charge in [0.2, 0.25) is 0 Å². The first-order valence-electron chi connectivity index (χ1n) is 21.3. The Morgan fingerprint density at radius 1 is 0.627 bits per heavy atom. The van der Waals surface area contributed by atoms with Crippen LogP contribution in [-0.4, -0.2) is 60.9 Å². The van der Waals surface area contributed by atoms with Crippen LogP contribution in [0.5, 0.6) is 0 Å². The van der Waals surface area contributed by atoms with Crippen molar-refractivity contribution in [2.24, 2.45) is 11.8 Å². The summed E-state index contributed by atoms with van der Waals surface area (Å²) in [7, 11) is 4.26. The van der Waals surface area contributed by atoms with Crippen molar-refractivity contribution in [3.63, 3.8) is 0 Å². The van der Waals surface area contributed by atoms with Crippen LogP contribution >= 0.6 is 24.4 Å². The van der Waals surface area contributed by atoms with Gasteiger partial charge in [0.15, 0.2) is 10.1 Å². The molecular weight excluding hydrogens is 671 g/mol. The molecule has 0 aromatic rings. The maximum atomic E-state index is 12.9. The van der Waals surface area contributed by atoms with Gasteiger partial charge in [0.05, 0.1) is 0 Å². The van der Waals surface area contributed by atoms with E-state index in [0.29, 0.717) is 25.6 Å². The Labute approximate surface area is 326 Å². The second-order valence-electron chi connectivity index (χ2n) is 15.4. The number of esters is 1. The number of hydrogen-bond acceptors (Lipinski definition) is 7. The minimum absolute atomic E-state index is 0.0213. The fourth-order valence-electron chi connectivity index (χ4n) is 6.96. The molecule has 0 aromatic heterocycles. The van der Waals surface area contributed by atoms with Crippen molar-refractivity contribution in [1.82, 2.24) is 4.90 Å². The highest BCUT2D eigenvalue weighted by Crippen LogP contribution is 2.36. The number of carbonyl (C=O) groups excluding carboxylic acids is 1. The first-order valence-corrected chi connectivity index (χ1v) is 22.1. The van der Waals surface area contributed by atoms with Crippen LogP contribution in [0.4, 0.5) is 0 Å². The number of carbonyl (C=O) groups is 1. The highest BCUT2D eigenvalue weighted by Gasteiger charge is 2.31. The van der Waals surface area contributed by atoms with Crippen LogP contribution in [0.25, 0.3) is 0 Å². The summed E-state index contributed by atoms with van der Waals surface area (Å²) in [5.41, 5.74) is 0. The first-order chi connectivity index (χ1) is 24.8. The highest BCUT2D eigenvalue weighted by molar-refractivity contribution is 7.80. The molecule has 0 amide bonds. The normalized spacial score (nSPS) is 16.0. The molecule has 0 aromatic carbocycles. The largest absolute Gasteiger partial charge is 0.483 e. The summed E-state index contributed by atoms with van der Waals surface area (Å²) in [6.07, 6.45) is 39.4. The van der Waals surface area contributed by atoms with Crippen LogP contribution in [0.2, 0.25) is 0 Å². The SMILES string of the molecule is CCCCCC/C=C\COC(=S)CCCCCCCC(CCCCCCCC(=S)OC/C=C\CCCCCC)OC(=O)CC1CC(CN(C)C)C1. The molecule has 51 heavy (non-hydrogen) atoms. The Bertz CT molecular complexity index is 863. The van der Waals surface area contributed by atoms with Crippen LogP contribution in [0.3, 0.4) is 0 Å². The second-order valence-corrected chi connectivity index (χ2v) is 16.3. The molecule has 0 heterocycles. The Balaban J connectivity index is 2.23. The summed E-state index contributed by atoms with van der Waals surface area (Å²) in [6.45, 7) is 6.82. The predicted octanol–water partition coefficient (Wildman–Crippen LogP) is 13.1. The smallest absolute Gasteiger partial charge is 0.306 e. The zero-order valence-corrected chi connectivity index (χ0v) is 35.3. The van der Waals surface area contributed by atoms with E-state index in [1.165, 1.54) is 89.9 Å². The Morgan fingerprint density at radius 3 is 1.55 bits per heavy atom. The summed E-state index contributed by atoms with van der Waals surface area (Å²) in [4.78, 5) is 15.2. The van der Waals surface area contributed by atoms with Crippen molar-refractivity contribution in [3.8, 4) is 0 Å². The lowest BCUT2D eigenvalue weighted by Crippen LogP contribution is -2.34. The molecule has 296 valence electrons. The molecule has 1 aliphatic carbocycles. The lowest BCUT2D eigenvalue weighted by Gasteiger charge is -2.36. The molecule has 0 radical (unpaired) electrons. The number of unbranched alkanes of at least 4 members (excludes halogenated alkanes) is 16.